The summed E-state index contributed by atoms with van der Waals surface area (Å²) in [5.74, 6) is -0.544. The summed E-state index contributed by atoms with van der Waals surface area (Å²) < 4.78 is 2.21. The summed E-state index contributed by atoms with van der Waals surface area (Å²) >= 11 is 4.90. The molecule has 0 amide bonds. The van der Waals surface area contributed by atoms with Crippen molar-refractivity contribution in [3.63, 3.8) is 0 Å². The van der Waals surface area contributed by atoms with Crippen LogP contribution in [0, 0.1) is 0 Å². The molecule has 33 heavy (non-hydrogen) atoms. The standard InChI is InChI=1S/C24H16BrN5O2S/c25-20-21(26)30-22(29-23(20)33-17-9-6-15(7-10-17)24(31)32)18(13-28-30)16-8-11-19(27-12-16)14-4-2-1-3-5-14/h1-13H,26H2,(H,31,32). The lowest BCUT2D eigenvalue weighted by Crippen LogP contribution is -2.03. The van der Waals surface area contributed by atoms with Gasteiger partial charge in [-0.15, -0.1) is 0 Å². The minimum Gasteiger partial charge on any atom is -0.478 e. The summed E-state index contributed by atoms with van der Waals surface area (Å²) in [6, 6.07) is 20.5. The van der Waals surface area contributed by atoms with Crippen LogP contribution in [-0.2, 0) is 0 Å². The number of hydrogen-bond donors (Lipinski definition) is 2. The van der Waals surface area contributed by atoms with Crippen LogP contribution in [0.1, 0.15) is 10.4 Å². The van der Waals surface area contributed by atoms with Crippen molar-refractivity contribution in [3.05, 3.63) is 89.2 Å². The van der Waals surface area contributed by atoms with Crippen molar-refractivity contribution in [1.29, 1.82) is 0 Å². The highest BCUT2D eigenvalue weighted by molar-refractivity contribution is 9.10. The smallest absolute Gasteiger partial charge is 0.335 e. The van der Waals surface area contributed by atoms with Crippen molar-refractivity contribution in [1.82, 2.24) is 19.6 Å². The van der Waals surface area contributed by atoms with Gasteiger partial charge in [-0.3, -0.25) is 4.98 Å². The summed E-state index contributed by atoms with van der Waals surface area (Å²) in [5, 5.41) is 14.2. The van der Waals surface area contributed by atoms with Crippen LogP contribution in [0.25, 0.3) is 28.0 Å². The van der Waals surface area contributed by atoms with Crippen LogP contribution in [0.3, 0.4) is 0 Å². The Bertz CT molecular complexity index is 1470. The maximum Gasteiger partial charge on any atom is 0.335 e. The quantitative estimate of drug-likeness (QED) is 0.290. The van der Waals surface area contributed by atoms with Crippen molar-refractivity contribution in [3.8, 4) is 22.4 Å². The Hall–Kier alpha value is -3.69. The Labute approximate surface area is 201 Å². The summed E-state index contributed by atoms with van der Waals surface area (Å²) in [5.41, 5.74) is 10.8. The number of anilines is 1. The first-order valence-electron chi connectivity index (χ1n) is 9.87. The third kappa shape index (κ3) is 4.08. The number of fused-ring (bicyclic) bond motifs is 1. The molecule has 0 radical (unpaired) electrons. The summed E-state index contributed by atoms with van der Waals surface area (Å²) in [6.07, 6.45) is 3.52. The van der Waals surface area contributed by atoms with Gasteiger partial charge in [-0.25, -0.2) is 9.78 Å². The van der Waals surface area contributed by atoms with Crippen LogP contribution in [-0.4, -0.2) is 30.7 Å². The van der Waals surface area contributed by atoms with Crippen LogP contribution in [0.4, 0.5) is 5.82 Å². The zero-order valence-corrected chi connectivity index (χ0v) is 19.4. The number of hydrogen-bond acceptors (Lipinski definition) is 6. The molecule has 0 aliphatic carbocycles. The van der Waals surface area contributed by atoms with Gasteiger partial charge in [-0.2, -0.15) is 9.61 Å². The number of carboxylic acids is 1. The minimum atomic E-state index is -0.965. The van der Waals surface area contributed by atoms with Gasteiger partial charge >= 0.3 is 5.97 Å². The molecule has 0 saturated carbocycles. The molecule has 7 nitrogen and oxygen atoms in total. The zero-order chi connectivity index (χ0) is 22.9. The fraction of sp³-hybridized carbons (Fsp3) is 0. The number of nitrogens with zero attached hydrogens (tertiary/aromatic N) is 4. The van der Waals surface area contributed by atoms with E-state index >= 15 is 0 Å². The Morgan fingerprint density at radius 3 is 2.39 bits per heavy atom. The second kappa shape index (κ2) is 8.68. The Morgan fingerprint density at radius 1 is 0.970 bits per heavy atom. The van der Waals surface area contributed by atoms with E-state index in [9.17, 15) is 4.79 Å². The molecular weight excluding hydrogens is 502 g/mol. The molecule has 5 rings (SSSR count). The molecule has 0 spiro atoms. The molecule has 162 valence electrons. The molecule has 3 aromatic heterocycles. The average Bonchev–Trinajstić information content (AvgIpc) is 3.27. The van der Waals surface area contributed by atoms with Crippen molar-refractivity contribution in [2.75, 3.05) is 5.73 Å². The highest BCUT2D eigenvalue weighted by Crippen LogP contribution is 2.37. The van der Waals surface area contributed by atoms with Gasteiger partial charge < -0.3 is 10.8 Å². The van der Waals surface area contributed by atoms with E-state index < -0.39 is 5.97 Å². The van der Waals surface area contributed by atoms with Crippen molar-refractivity contribution < 1.29 is 9.90 Å². The Morgan fingerprint density at radius 2 is 1.73 bits per heavy atom. The highest BCUT2D eigenvalue weighted by Gasteiger charge is 2.17. The van der Waals surface area contributed by atoms with E-state index in [0.717, 1.165) is 27.3 Å². The van der Waals surface area contributed by atoms with Gasteiger partial charge in [0, 0.05) is 27.8 Å². The molecule has 0 aliphatic rings. The van der Waals surface area contributed by atoms with Gasteiger partial charge in [0.15, 0.2) is 5.65 Å². The number of aromatic nitrogens is 4. The van der Waals surface area contributed by atoms with Gasteiger partial charge in [-0.05, 0) is 46.3 Å². The van der Waals surface area contributed by atoms with E-state index in [1.54, 1.807) is 41.2 Å². The second-order valence-electron chi connectivity index (χ2n) is 7.14. The number of benzene rings is 2. The molecule has 0 bridgehead atoms. The fourth-order valence-corrected chi connectivity index (χ4v) is 4.68. The molecule has 0 saturated heterocycles. The molecular formula is C24H16BrN5O2S. The molecule has 0 aliphatic heterocycles. The van der Waals surface area contributed by atoms with E-state index in [-0.39, 0.29) is 5.56 Å². The van der Waals surface area contributed by atoms with Crippen LogP contribution < -0.4 is 5.73 Å². The molecule has 5 aromatic rings. The molecule has 9 heteroatoms. The first-order valence-corrected chi connectivity index (χ1v) is 11.5. The van der Waals surface area contributed by atoms with Gasteiger partial charge in [0.25, 0.3) is 0 Å². The van der Waals surface area contributed by atoms with Crippen LogP contribution >= 0.6 is 27.7 Å². The number of aromatic carboxylic acids is 1. The predicted octanol–water partition coefficient (Wildman–Crippen LogP) is 5.65. The van der Waals surface area contributed by atoms with E-state index in [1.807, 2.05) is 42.5 Å². The predicted molar refractivity (Wildman–Crippen MR) is 131 cm³/mol. The normalized spacial score (nSPS) is 11.1. The van der Waals surface area contributed by atoms with Crippen molar-refractivity contribution >= 4 is 45.1 Å². The van der Waals surface area contributed by atoms with Crippen LogP contribution in [0.15, 0.2) is 93.5 Å². The average molecular weight is 518 g/mol. The molecule has 0 atom stereocenters. The largest absolute Gasteiger partial charge is 0.478 e. The Balaban J connectivity index is 1.52. The van der Waals surface area contributed by atoms with E-state index in [2.05, 4.69) is 26.0 Å². The minimum absolute atomic E-state index is 0.228. The fourth-order valence-electron chi connectivity index (χ4n) is 3.35. The molecule has 3 heterocycles. The highest BCUT2D eigenvalue weighted by atomic mass is 79.9. The van der Waals surface area contributed by atoms with Gasteiger partial charge in [0.2, 0.25) is 0 Å². The van der Waals surface area contributed by atoms with E-state index in [0.29, 0.717) is 21.0 Å². The monoisotopic (exact) mass is 517 g/mol. The Kier molecular flexibility index (Phi) is 5.57. The number of halogens is 1. The van der Waals surface area contributed by atoms with Gasteiger partial charge in [0.05, 0.1) is 21.9 Å². The number of rotatable bonds is 5. The summed E-state index contributed by atoms with van der Waals surface area (Å²) in [7, 11) is 0. The number of pyridine rings is 1. The van der Waals surface area contributed by atoms with Crippen molar-refractivity contribution in [2.24, 2.45) is 0 Å². The topological polar surface area (TPSA) is 106 Å². The number of nitrogen functional groups attached to an aromatic ring is 1. The number of nitrogens with two attached hydrogens (primary N) is 1. The van der Waals surface area contributed by atoms with E-state index in [4.69, 9.17) is 15.8 Å². The maximum absolute atomic E-state index is 11.1. The third-order valence-electron chi connectivity index (χ3n) is 5.05. The van der Waals surface area contributed by atoms with E-state index in [1.165, 1.54) is 11.8 Å². The summed E-state index contributed by atoms with van der Waals surface area (Å²) in [6.45, 7) is 0. The van der Waals surface area contributed by atoms with Gasteiger partial charge in [0.1, 0.15) is 10.8 Å². The zero-order valence-electron chi connectivity index (χ0n) is 17.0. The van der Waals surface area contributed by atoms with Crippen LogP contribution in [0.5, 0.6) is 0 Å². The molecule has 2 aromatic carbocycles. The number of carboxylic acid groups (broad SMARTS) is 1. The second-order valence-corrected chi connectivity index (χ2v) is 8.99. The van der Waals surface area contributed by atoms with Crippen LogP contribution in [0.2, 0.25) is 0 Å². The third-order valence-corrected chi connectivity index (χ3v) is 7.09. The molecule has 0 fully saturated rings. The van der Waals surface area contributed by atoms with Gasteiger partial charge in [-0.1, -0.05) is 48.2 Å². The lowest BCUT2D eigenvalue weighted by atomic mass is 10.1. The molecule has 0 unspecified atom stereocenters. The molecule has 3 N–H and O–H groups in total. The van der Waals surface area contributed by atoms with Crippen molar-refractivity contribution in [2.45, 2.75) is 9.92 Å². The first kappa shape index (κ1) is 21.2. The SMILES string of the molecule is Nc1c(Br)c(Sc2ccc(C(=O)O)cc2)nc2c(-c3ccc(-c4ccccc4)nc3)cnn12. The lowest BCUT2D eigenvalue weighted by molar-refractivity contribution is 0.0697. The first-order chi connectivity index (χ1) is 16.0. The maximum atomic E-state index is 11.1. The summed E-state index contributed by atoms with van der Waals surface area (Å²) in [4.78, 5) is 21.3. The number of carbonyl (C=O) groups is 1. The lowest BCUT2D eigenvalue weighted by Gasteiger charge is -2.09.